The van der Waals surface area contributed by atoms with E-state index in [1.54, 1.807) is 48.1 Å². The molecule has 9 heteroatoms. The molecule has 0 unspecified atom stereocenters. The molecule has 2 N–H and O–H groups in total. The predicted octanol–water partition coefficient (Wildman–Crippen LogP) is 3.57. The molecule has 1 fully saturated rings. The Kier molecular flexibility index (Phi) is 7.29. The molecular formula is C24H30N4O4S. The van der Waals surface area contributed by atoms with Gasteiger partial charge in [0.05, 0.1) is 12.0 Å². The molecule has 0 radical (unpaired) electrons. The summed E-state index contributed by atoms with van der Waals surface area (Å²) in [5.74, 6) is 1.05. The molecule has 33 heavy (non-hydrogen) atoms. The highest BCUT2D eigenvalue weighted by Crippen LogP contribution is 2.27. The zero-order chi connectivity index (χ0) is 23.3. The van der Waals surface area contributed by atoms with Crippen LogP contribution in [0.4, 0.5) is 0 Å². The summed E-state index contributed by atoms with van der Waals surface area (Å²) in [7, 11) is -1.90. The molecule has 1 aliphatic rings. The second kappa shape index (κ2) is 10.4. The van der Waals surface area contributed by atoms with Crippen LogP contribution in [0.25, 0.3) is 10.9 Å². The number of fused-ring (bicyclic) bond motifs is 1. The number of methoxy groups -OCH3 is 1. The first-order valence-electron chi connectivity index (χ1n) is 11.3. The highest BCUT2D eigenvalue weighted by atomic mass is 32.2. The predicted molar refractivity (Wildman–Crippen MR) is 127 cm³/mol. The number of piperidine rings is 1. The summed E-state index contributed by atoms with van der Waals surface area (Å²) in [4.78, 5) is 19.8. The molecule has 1 amide bonds. The summed E-state index contributed by atoms with van der Waals surface area (Å²) >= 11 is 0. The molecule has 1 saturated heterocycles. The lowest BCUT2D eigenvalue weighted by Gasteiger charge is -2.31. The molecule has 2 aromatic heterocycles. The SMILES string of the molecule is COc1ccc(S(=O)(=O)N2CCC(CCCCNC(=O)c3cc4cnccc4[nH]3)CC2)cc1. The van der Waals surface area contributed by atoms with Crippen LogP contribution < -0.4 is 10.1 Å². The first-order valence-corrected chi connectivity index (χ1v) is 12.8. The van der Waals surface area contributed by atoms with Gasteiger partial charge in [-0.25, -0.2) is 8.42 Å². The van der Waals surface area contributed by atoms with E-state index in [0.29, 0.717) is 41.9 Å². The number of sulfonamides is 1. The topological polar surface area (TPSA) is 104 Å². The molecule has 1 aromatic carbocycles. The van der Waals surface area contributed by atoms with Gasteiger partial charge >= 0.3 is 0 Å². The molecule has 0 saturated carbocycles. The lowest BCUT2D eigenvalue weighted by molar-refractivity contribution is 0.0948. The number of carbonyl (C=O) groups excluding carboxylic acids is 1. The van der Waals surface area contributed by atoms with Crippen molar-refractivity contribution < 1.29 is 17.9 Å². The number of rotatable bonds is 9. The number of aromatic nitrogens is 2. The molecular weight excluding hydrogens is 440 g/mol. The standard InChI is InChI=1S/C24H30N4O4S/c1-32-20-5-7-21(8-6-20)33(30,31)28-14-10-18(11-15-28)4-2-3-12-26-24(29)23-16-19-17-25-13-9-22(19)27-23/h5-9,13,16-18,27H,2-4,10-12,14-15H2,1H3,(H,26,29). The smallest absolute Gasteiger partial charge is 0.267 e. The van der Waals surface area contributed by atoms with Gasteiger partial charge in [-0.05, 0) is 61.6 Å². The van der Waals surface area contributed by atoms with Crippen molar-refractivity contribution >= 4 is 26.8 Å². The Morgan fingerprint density at radius 1 is 1.18 bits per heavy atom. The second-order valence-electron chi connectivity index (χ2n) is 8.42. The minimum Gasteiger partial charge on any atom is -0.497 e. The Labute approximate surface area is 194 Å². The fraction of sp³-hybridized carbons (Fsp3) is 0.417. The molecule has 3 heterocycles. The van der Waals surface area contributed by atoms with E-state index in [2.05, 4.69) is 15.3 Å². The third-order valence-corrected chi connectivity index (χ3v) is 8.17. The minimum atomic E-state index is -3.46. The van der Waals surface area contributed by atoms with Gasteiger partial charge in [-0.2, -0.15) is 4.31 Å². The van der Waals surface area contributed by atoms with Gasteiger partial charge in [-0.1, -0.05) is 12.8 Å². The van der Waals surface area contributed by atoms with Gasteiger partial charge in [-0.3, -0.25) is 9.78 Å². The number of H-pyrrole nitrogens is 1. The van der Waals surface area contributed by atoms with Crippen LogP contribution in [0.2, 0.25) is 0 Å². The summed E-state index contributed by atoms with van der Waals surface area (Å²) in [6.07, 6.45) is 8.11. The average molecular weight is 471 g/mol. The third-order valence-electron chi connectivity index (χ3n) is 6.26. The molecule has 3 aromatic rings. The fourth-order valence-corrected chi connectivity index (χ4v) is 5.75. The van der Waals surface area contributed by atoms with Gasteiger partial charge in [-0.15, -0.1) is 0 Å². The molecule has 0 spiro atoms. The Hall–Kier alpha value is -2.91. The Morgan fingerprint density at radius 2 is 1.94 bits per heavy atom. The van der Waals surface area contributed by atoms with Gasteiger partial charge in [0.2, 0.25) is 10.0 Å². The van der Waals surface area contributed by atoms with Gasteiger partial charge in [0.25, 0.3) is 5.91 Å². The summed E-state index contributed by atoms with van der Waals surface area (Å²) in [5.41, 5.74) is 1.44. The lowest BCUT2D eigenvalue weighted by atomic mass is 9.92. The summed E-state index contributed by atoms with van der Waals surface area (Å²) < 4.78 is 32.4. The number of aromatic amines is 1. The van der Waals surface area contributed by atoms with Crippen LogP contribution in [-0.4, -0.2) is 55.3 Å². The summed E-state index contributed by atoms with van der Waals surface area (Å²) in [6, 6.07) is 10.2. The molecule has 1 aliphatic heterocycles. The Morgan fingerprint density at radius 3 is 2.64 bits per heavy atom. The van der Waals surface area contributed by atoms with Crippen molar-refractivity contribution in [3.8, 4) is 5.75 Å². The normalized spacial score (nSPS) is 15.5. The monoisotopic (exact) mass is 470 g/mol. The van der Waals surface area contributed by atoms with Gasteiger partial charge in [0.1, 0.15) is 11.4 Å². The second-order valence-corrected chi connectivity index (χ2v) is 10.4. The van der Waals surface area contributed by atoms with Crippen molar-refractivity contribution in [1.82, 2.24) is 19.6 Å². The number of benzene rings is 1. The van der Waals surface area contributed by atoms with E-state index in [0.717, 1.165) is 43.0 Å². The number of ether oxygens (including phenoxy) is 1. The summed E-state index contributed by atoms with van der Waals surface area (Å²) in [5, 5.41) is 3.88. The van der Waals surface area contributed by atoms with Crippen molar-refractivity contribution in [1.29, 1.82) is 0 Å². The maximum atomic E-state index is 12.9. The van der Waals surface area contributed by atoms with Crippen LogP contribution in [0.3, 0.4) is 0 Å². The van der Waals surface area contributed by atoms with Crippen molar-refractivity contribution in [2.24, 2.45) is 5.92 Å². The van der Waals surface area contributed by atoms with Crippen LogP contribution in [0.15, 0.2) is 53.7 Å². The molecule has 0 aliphatic carbocycles. The molecule has 4 rings (SSSR count). The van der Waals surface area contributed by atoms with Crippen molar-refractivity contribution in [2.75, 3.05) is 26.7 Å². The average Bonchev–Trinajstić information content (AvgIpc) is 3.28. The van der Waals surface area contributed by atoms with Crippen LogP contribution in [0.1, 0.15) is 42.6 Å². The van der Waals surface area contributed by atoms with E-state index in [1.807, 2.05) is 12.1 Å². The maximum Gasteiger partial charge on any atom is 0.267 e. The van der Waals surface area contributed by atoms with Gasteiger partial charge in [0.15, 0.2) is 0 Å². The lowest BCUT2D eigenvalue weighted by Crippen LogP contribution is -2.38. The van der Waals surface area contributed by atoms with Gasteiger partial charge in [0, 0.05) is 42.9 Å². The summed E-state index contributed by atoms with van der Waals surface area (Å²) in [6.45, 7) is 1.72. The van der Waals surface area contributed by atoms with Gasteiger partial charge < -0.3 is 15.0 Å². The quantitative estimate of drug-likeness (QED) is 0.465. The molecule has 8 nitrogen and oxygen atoms in total. The van der Waals surface area contributed by atoms with E-state index in [1.165, 1.54) is 0 Å². The zero-order valence-corrected chi connectivity index (χ0v) is 19.6. The van der Waals surface area contributed by atoms with Crippen LogP contribution in [-0.2, 0) is 10.0 Å². The van der Waals surface area contributed by atoms with E-state index < -0.39 is 10.0 Å². The number of amides is 1. The largest absolute Gasteiger partial charge is 0.497 e. The van der Waals surface area contributed by atoms with E-state index >= 15 is 0 Å². The van der Waals surface area contributed by atoms with Crippen LogP contribution >= 0.6 is 0 Å². The Bertz CT molecular complexity index is 1150. The van der Waals surface area contributed by atoms with E-state index in [4.69, 9.17) is 4.74 Å². The van der Waals surface area contributed by atoms with E-state index in [9.17, 15) is 13.2 Å². The highest BCUT2D eigenvalue weighted by Gasteiger charge is 2.29. The first-order chi connectivity index (χ1) is 16.0. The Balaban J connectivity index is 1.16. The van der Waals surface area contributed by atoms with Crippen LogP contribution in [0, 0.1) is 5.92 Å². The van der Waals surface area contributed by atoms with Crippen molar-refractivity contribution in [2.45, 2.75) is 37.0 Å². The van der Waals surface area contributed by atoms with E-state index in [-0.39, 0.29) is 5.91 Å². The van der Waals surface area contributed by atoms with Crippen LogP contribution in [0.5, 0.6) is 5.75 Å². The number of nitrogens with zero attached hydrogens (tertiary/aromatic N) is 2. The molecule has 176 valence electrons. The number of hydrogen-bond acceptors (Lipinski definition) is 5. The number of nitrogens with one attached hydrogen (secondary N) is 2. The molecule has 0 bridgehead atoms. The molecule has 0 atom stereocenters. The third kappa shape index (κ3) is 5.54. The highest BCUT2D eigenvalue weighted by molar-refractivity contribution is 7.89. The van der Waals surface area contributed by atoms with Crippen molar-refractivity contribution in [3.05, 3.63) is 54.5 Å². The number of hydrogen-bond donors (Lipinski definition) is 2. The number of pyridine rings is 1. The minimum absolute atomic E-state index is 0.108. The fourth-order valence-electron chi connectivity index (χ4n) is 4.28. The maximum absolute atomic E-state index is 12.9. The zero-order valence-electron chi connectivity index (χ0n) is 18.8. The number of unbranched alkanes of at least 4 members (excludes halogenated alkanes) is 1. The number of carbonyl (C=O) groups is 1. The van der Waals surface area contributed by atoms with Crippen molar-refractivity contribution in [3.63, 3.8) is 0 Å². The first kappa shape index (κ1) is 23.3.